The predicted octanol–water partition coefficient (Wildman–Crippen LogP) is 3.35. The van der Waals surface area contributed by atoms with Gasteiger partial charge in [0.2, 0.25) is 5.95 Å². The summed E-state index contributed by atoms with van der Waals surface area (Å²) in [6, 6.07) is 12.1. The van der Waals surface area contributed by atoms with Crippen molar-refractivity contribution in [2.24, 2.45) is 7.05 Å². The lowest BCUT2D eigenvalue weighted by Gasteiger charge is -2.23. The van der Waals surface area contributed by atoms with Gasteiger partial charge in [0.1, 0.15) is 17.6 Å². The van der Waals surface area contributed by atoms with E-state index in [-0.39, 0.29) is 11.0 Å². The van der Waals surface area contributed by atoms with Crippen LogP contribution in [-0.2, 0) is 12.5 Å². The molecule has 0 amide bonds. The number of likely N-dealkylation sites (tertiary alicyclic amines) is 1. The number of fused-ring (bicyclic) bond motifs is 5. The van der Waals surface area contributed by atoms with Crippen LogP contribution in [0, 0.1) is 0 Å². The number of nitrogens with one attached hydrogen (secondary N) is 3. The maximum atomic E-state index is 13.3. The summed E-state index contributed by atoms with van der Waals surface area (Å²) in [6.45, 7) is 10.9. The van der Waals surface area contributed by atoms with Crippen molar-refractivity contribution < 1.29 is 5.11 Å². The number of nitrogens with zero attached hydrogens (tertiary/aromatic N) is 6. The van der Waals surface area contributed by atoms with Gasteiger partial charge in [-0.3, -0.25) is 24.9 Å². The Labute approximate surface area is 238 Å². The molecular weight excluding hydrogens is 518 g/mol. The molecule has 4 aromatic heterocycles. The van der Waals surface area contributed by atoms with Gasteiger partial charge in [-0.05, 0) is 47.7 Å². The number of hydrogen-bond donors (Lipinski definition) is 4. The quantitative estimate of drug-likeness (QED) is 0.224. The monoisotopic (exact) mass is 555 g/mol. The minimum atomic E-state index is -0.723. The van der Waals surface area contributed by atoms with Gasteiger partial charge in [-0.15, -0.1) is 0 Å². The van der Waals surface area contributed by atoms with Gasteiger partial charge >= 0.3 is 0 Å². The van der Waals surface area contributed by atoms with Crippen LogP contribution in [0.1, 0.15) is 51.5 Å². The molecule has 41 heavy (non-hydrogen) atoms. The van der Waals surface area contributed by atoms with E-state index in [9.17, 15) is 9.90 Å². The Kier molecular flexibility index (Phi) is 6.98. The van der Waals surface area contributed by atoms with Crippen LogP contribution in [0.3, 0.4) is 0 Å². The highest BCUT2D eigenvalue weighted by Gasteiger charge is 2.28. The molecule has 1 aromatic carbocycles. The fourth-order valence-corrected chi connectivity index (χ4v) is 5.51. The summed E-state index contributed by atoms with van der Waals surface area (Å²) >= 11 is 0. The van der Waals surface area contributed by atoms with Crippen LogP contribution in [0.25, 0.3) is 27.6 Å². The molecule has 11 heteroatoms. The van der Waals surface area contributed by atoms with E-state index in [4.69, 9.17) is 4.98 Å². The van der Waals surface area contributed by atoms with Gasteiger partial charge in [-0.25, -0.2) is 9.97 Å². The summed E-state index contributed by atoms with van der Waals surface area (Å²) in [4.78, 5) is 29.1. The summed E-state index contributed by atoms with van der Waals surface area (Å²) < 4.78 is 3.61. The van der Waals surface area contributed by atoms with Crippen molar-refractivity contribution in [1.82, 2.24) is 39.7 Å². The molecule has 5 heterocycles. The third-order valence-electron chi connectivity index (χ3n) is 7.88. The van der Waals surface area contributed by atoms with E-state index in [1.807, 2.05) is 41.5 Å². The Morgan fingerprint density at radius 3 is 2.63 bits per heavy atom. The number of rotatable bonds is 7. The van der Waals surface area contributed by atoms with Crippen LogP contribution in [-0.4, -0.2) is 59.6 Å². The van der Waals surface area contributed by atoms with Crippen LogP contribution in [0.2, 0.25) is 0 Å². The third kappa shape index (κ3) is 5.06. The predicted molar refractivity (Wildman–Crippen MR) is 161 cm³/mol. The summed E-state index contributed by atoms with van der Waals surface area (Å²) in [6.07, 6.45) is 3.63. The lowest BCUT2D eigenvalue weighted by Crippen LogP contribution is -2.42. The molecule has 0 radical (unpaired) electrons. The van der Waals surface area contributed by atoms with E-state index in [0.717, 1.165) is 53.6 Å². The van der Waals surface area contributed by atoms with E-state index in [1.165, 1.54) is 0 Å². The van der Waals surface area contributed by atoms with Crippen LogP contribution in [0.4, 0.5) is 11.8 Å². The molecule has 1 fully saturated rings. The van der Waals surface area contributed by atoms with Crippen LogP contribution in [0.15, 0.2) is 53.6 Å². The normalized spacial score (nSPS) is 17.2. The van der Waals surface area contributed by atoms with E-state index in [1.54, 1.807) is 17.0 Å². The van der Waals surface area contributed by atoms with Gasteiger partial charge in [0.15, 0.2) is 5.65 Å². The summed E-state index contributed by atoms with van der Waals surface area (Å²) in [7, 11) is 1.81. The molecule has 0 spiro atoms. The largest absolute Gasteiger partial charge is 0.374 e. The van der Waals surface area contributed by atoms with Crippen molar-refractivity contribution in [1.29, 1.82) is 0 Å². The van der Waals surface area contributed by atoms with Crippen molar-refractivity contribution in [3.63, 3.8) is 0 Å². The number of aliphatic hydroxyl groups excluding tert-OH is 1. The lowest BCUT2D eigenvalue weighted by molar-refractivity contribution is 0.0169. The van der Waals surface area contributed by atoms with Crippen molar-refractivity contribution in [2.45, 2.75) is 51.8 Å². The van der Waals surface area contributed by atoms with Gasteiger partial charge in [-0.2, -0.15) is 4.98 Å². The number of anilines is 2. The fourth-order valence-electron chi connectivity index (χ4n) is 5.51. The number of benzene rings is 1. The smallest absolute Gasteiger partial charge is 0.275 e. The van der Waals surface area contributed by atoms with Crippen molar-refractivity contribution in [2.75, 3.05) is 25.0 Å². The summed E-state index contributed by atoms with van der Waals surface area (Å²) in [5.41, 5.74) is 11.1. The van der Waals surface area contributed by atoms with Crippen molar-refractivity contribution in [3.8, 4) is 0 Å². The fraction of sp³-hybridized carbons (Fsp3) is 0.400. The number of hydrogen-bond acceptors (Lipinski definition) is 9. The number of aliphatic hydroxyl groups is 1. The highest BCUT2D eigenvalue weighted by Crippen LogP contribution is 2.29. The molecule has 1 aliphatic heterocycles. The zero-order chi connectivity index (χ0) is 28.9. The molecule has 2 atom stereocenters. The first-order valence-corrected chi connectivity index (χ1v) is 14.1. The minimum Gasteiger partial charge on any atom is -0.374 e. The van der Waals surface area contributed by atoms with Gasteiger partial charge in [0.25, 0.3) is 5.56 Å². The summed E-state index contributed by atoms with van der Waals surface area (Å²) in [5, 5.41) is 14.8. The Morgan fingerprint density at radius 1 is 1.07 bits per heavy atom. The Hall–Kier alpha value is -3.90. The molecule has 5 aromatic rings. The number of aromatic nitrogens is 5. The highest BCUT2D eigenvalue weighted by molar-refractivity contribution is 5.91. The lowest BCUT2D eigenvalue weighted by atomic mass is 9.87. The van der Waals surface area contributed by atoms with E-state index < -0.39 is 6.23 Å². The van der Waals surface area contributed by atoms with Gasteiger partial charge in [0, 0.05) is 56.1 Å². The molecular formula is C30H37N9O2. The SMILES string of the molecule is CCNNC1CCN(C(O)c2ccc(Nc3ncc4cc5c(=O)n(C)c6cc(C(C)(C)C)ccc6n5c4n3)nc2)C1. The van der Waals surface area contributed by atoms with Crippen LogP contribution in [0.5, 0.6) is 0 Å². The van der Waals surface area contributed by atoms with Crippen LogP contribution < -0.4 is 21.7 Å². The first-order valence-electron chi connectivity index (χ1n) is 14.1. The maximum absolute atomic E-state index is 13.3. The first kappa shape index (κ1) is 27.3. The second-order valence-corrected chi connectivity index (χ2v) is 11.8. The number of aryl methyl sites for hydroxylation is 1. The molecule has 4 N–H and O–H groups in total. The molecule has 6 rings (SSSR count). The van der Waals surface area contributed by atoms with E-state index in [2.05, 4.69) is 65.1 Å². The van der Waals surface area contributed by atoms with Crippen molar-refractivity contribution >= 4 is 39.3 Å². The Balaban J connectivity index is 1.29. The van der Waals surface area contributed by atoms with E-state index >= 15 is 0 Å². The molecule has 1 saturated heterocycles. The Morgan fingerprint density at radius 2 is 1.90 bits per heavy atom. The average Bonchev–Trinajstić information content (AvgIpc) is 3.59. The number of hydrazine groups is 1. The van der Waals surface area contributed by atoms with Gasteiger partial charge in [-0.1, -0.05) is 33.8 Å². The molecule has 0 bridgehead atoms. The molecule has 214 valence electrons. The molecule has 2 unspecified atom stereocenters. The highest BCUT2D eigenvalue weighted by atomic mass is 16.3. The zero-order valence-electron chi connectivity index (χ0n) is 24.1. The maximum Gasteiger partial charge on any atom is 0.275 e. The third-order valence-corrected chi connectivity index (χ3v) is 7.88. The topological polar surface area (TPSA) is 125 Å². The molecule has 1 aliphatic rings. The second kappa shape index (κ2) is 10.5. The zero-order valence-corrected chi connectivity index (χ0v) is 24.1. The van der Waals surface area contributed by atoms with Crippen molar-refractivity contribution in [3.05, 3.63) is 70.3 Å². The van der Waals surface area contributed by atoms with Gasteiger partial charge < -0.3 is 15.0 Å². The van der Waals surface area contributed by atoms with E-state index in [0.29, 0.717) is 29.0 Å². The molecule has 11 nitrogen and oxygen atoms in total. The van der Waals surface area contributed by atoms with Crippen LogP contribution >= 0.6 is 0 Å². The standard InChI is InChI=1S/C30H37N9O2/c1-6-33-36-21-11-12-38(17-21)27(40)18-7-10-25(31-15-18)34-29-32-16-19-13-24-28(41)37(5)23-14-20(30(2,3)4)8-9-22(23)39(24)26(19)35-29/h7-10,13-16,21,27,33,36,40H,6,11-12,17H2,1-5H3,(H,31,32,34,35). The molecule has 0 saturated carbocycles. The minimum absolute atomic E-state index is 0.0456. The average molecular weight is 556 g/mol. The molecule has 0 aliphatic carbocycles. The van der Waals surface area contributed by atoms with Gasteiger partial charge in [0.05, 0.1) is 11.0 Å². The summed E-state index contributed by atoms with van der Waals surface area (Å²) in [5.74, 6) is 0.931. The Bertz CT molecular complexity index is 1790. The first-order chi connectivity index (χ1) is 19.6. The second-order valence-electron chi connectivity index (χ2n) is 11.8. The number of pyridine rings is 1.